The van der Waals surface area contributed by atoms with Gasteiger partial charge >= 0.3 is 0 Å². The average molecular weight is 339 g/mol. The Morgan fingerprint density at radius 1 is 1.21 bits per heavy atom. The van der Waals surface area contributed by atoms with Gasteiger partial charge in [-0.05, 0) is 47.7 Å². The van der Waals surface area contributed by atoms with Gasteiger partial charge in [-0.1, -0.05) is 6.42 Å². The Morgan fingerprint density at radius 2 is 2.05 bits per heavy atom. The molecule has 2 aromatic rings. The number of aromatic nitrogens is 2. The number of fused-ring (bicyclic) bond motifs is 1. The predicted octanol–water partition coefficient (Wildman–Crippen LogP) is 3.52. The quantitative estimate of drug-likeness (QED) is 0.499. The van der Waals surface area contributed by atoms with Crippen molar-refractivity contribution in [1.82, 2.24) is 9.97 Å². The van der Waals surface area contributed by atoms with Gasteiger partial charge in [0.1, 0.15) is 5.82 Å². The lowest BCUT2D eigenvalue weighted by molar-refractivity contribution is 0.709. The molecule has 0 aliphatic heterocycles. The molecule has 0 saturated carbocycles. The molecule has 0 radical (unpaired) electrons. The van der Waals surface area contributed by atoms with Crippen LogP contribution in [0.25, 0.3) is 10.7 Å². The van der Waals surface area contributed by atoms with Crippen LogP contribution in [0.4, 0.5) is 5.82 Å². The van der Waals surface area contributed by atoms with Crippen LogP contribution in [0.2, 0.25) is 0 Å². The Kier molecular flexibility index (Phi) is 3.81. The van der Waals surface area contributed by atoms with Crippen LogP contribution in [0.3, 0.4) is 0 Å². The van der Waals surface area contributed by atoms with E-state index in [-0.39, 0.29) is 0 Å². The van der Waals surface area contributed by atoms with Gasteiger partial charge in [0.05, 0.1) is 4.88 Å². The number of hydrogen-bond acceptors (Lipinski definition) is 5. The molecule has 4 nitrogen and oxygen atoms in total. The van der Waals surface area contributed by atoms with E-state index in [1.807, 2.05) is 11.4 Å². The van der Waals surface area contributed by atoms with Gasteiger partial charge in [0.25, 0.3) is 0 Å². The third-order valence-corrected chi connectivity index (χ3v) is 5.04. The smallest absolute Gasteiger partial charge is 0.171 e. The van der Waals surface area contributed by atoms with Crippen molar-refractivity contribution in [2.45, 2.75) is 32.1 Å². The Balaban J connectivity index is 2.09. The van der Waals surface area contributed by atoms with E-state index in [0.29, 0.717) is 0 Å². The minimum atomic E-state index is 0.768. The van der Waals surface area contributed by atoms with E-state index in [9.17, 15) is 0 Å². The summed E-state index contributed by atoms with van der Waals surface area (Å²) >= 11 is 5.10. The lowest BCUT2D eigenvalue weighted by Crippen LogP contribution is -2.14. The van der Waals surface area contributed by atoms with E-state index in [4.69, 9.17) is 10.8 Å². The summed E-state index contributed by atoms with van der Waals surface area (Å²) in [4.78, 5) is 10.4. The van der Waals surface area contributed by atoms with Gasteiger partial charge in [-0.3, -0.25) is 0 Å². The summed E-state index contributed by atoms with van der Waals surface area (Å²) in [6.45, 7) is 0. The highest BCUT2D eigenvalue weighted by molar-refractivity contribution is 9.10. The summed E-state index contributed by atoms with van der Waals surface area (Å²) in [6.07, 6.45) is 5.67. The van der Waals surface area contributed by atoms with Gasteiger partial charge in [0, 0.05) is 21.1 Å². The number of thiophene rings is 1. The molecule has 6 heteroatoms. The highest BCUT2D eigenvalue weighted by atomic mass is 79.9. The van der Waals surface area contributed by atoms with Crippen LogP contribution in [-0.4, -0.2) is 9.97 Å². The average Bonchev–Trinajstić information content (AvgIpc) is 2.72. The first-order valence-electron chi connectivity index (χ1n) is 6.39. The Morgan fingerprint density at radius 3 is 2.79 bits per heavy atom. The van der Waals surface area contributed by atoms with Crippen LogP contribution in [0, 0.1) is 0 Å². The normalized spacial score (nSPS) is 14.8. The van der Waals surface area contributed by atoms with Gasteiger partial charge < -0.3 is 5.43 Å². The molecule has 0 amide bonds. The van der Waals surface area contributed by atoms with E-state index in [2.05, 4.69) is 26.3 Å². The molecular weight excluding hydrogens is 324 g/mol. The second kappa shape index (κ2) is 5.56. The standard InChI is InChI=1S/C13H15BrN4S/c14-8-6-11(19-7-8)13-16-10-5-3-1-2-4-9(10)12(17-13)18-15/h6-7H,1-5,15H2,(H,16,17,18). The lowest BCUT2D eigenvalue weighted by Gasteiger charge is -2.11. The molecule has 2 heterocycles. The van der Waals surface area contributed by atoms with Crippen molar-refractivity contribution in [3.8, 4) is 10.7 Å². The summed E-state index contributed by atoms with van der Waals surface area (Å²) in [5, 5.41) is 2.04. The maximum atomic E-state index is 5.63. The number of aryl methyl sites for hydroxylation is 1. The summed E-state index contributed by atoms with van der Waals surface area (Å²) in [6, 6.07) is 2.05. The fourth-order valence-electron chi connectivity index (χ4n) is 2.43. The first-order chi connectivity index (χ1) is 9.28. The third-order valence-electron chi connectivity index (χ3n) is 3.36. The molecule has 0 aromatic carbocycles. The van der Waals surface area contributed by atoms with E-state index in [1.165, 1.54) is 24.8 Å². The number of nitrogen functional groups attached to an aromatic ring is 1. The highest BCUT2D eigenvalue weighted by Crippen LogP contribution is 2.31. The number of hydrogen-bond donors (Lipinski definition) is 2. The molecule has 0 saturated heterocycles. The summed E-state index contributed by atoms with van der Waals surface area (Å²) in [5.74, 6) is 7.18. The van der Waals surface area contributed by atoms with Gasteiger partial charge in [-0.15, -0.1) is 11.3 Å². The van der Waals surface area contributed by atoms with E-state index >= 15 is 0 Å². The zero-order chi connectivity index (χ0) is 13.2. The molecule has 0 unspecified atom stereocenters. The number of rotatable bonds is 2. The van der Waals surface area contributed by atoms with Crippen molar-refractivity contribution in [2.75, 3.05) is 5.43 Å². The molecule has 1 aliphatic carbocycles. The minimum absolute atomic E-state index is 0.768. The second-order valence-corrected chi connectivity index (χ2v) is 6.48. The monoisotopic (exact) mass is 338 g/mol. The van der Waals surface area contributed by atoms with Gasteiger partial charge in [-0.25, -0.2) is 15.8 Å². The fourth-order valence-corrected chi connectivity index (χ4v) is 3.79. The Hall–Kier alpha value is -0.980. The molecular formula is C13H15BrN4S. The number of nitrogens with two attached hydrogens (primary N) is 1. The Bertz CT molecular complexity index is 596. The van der Waals surface area contributed by atoms with Crippen molar-refractivity contribution in [2.24, 2.45) is 5.84 Å². The van der Waals surface area contributed by atoms with Crippen LogP contribution < -0.4 is 11.3 Å². The largest absolute Gasteiger partial charge is 0.308 e. The summed E-state index contributed by atoms with van der Waals surface area (Å²) in [7, 11) is 0. The number of halogens is 1. The molecule has 2 aromatic heterocycles. The molecule has 100 valence electrons. The first kappa shape index (κ1) is 13.0. The van der Waals surface area contributed by atoms with Crippen molar-refractivity contribution in [1.29, 1.82) is 0 Å². The highest BCUT2D eigenvalue weighted by Gasteiger charge is 2.17. The number of nitrogens with zero attached hydrogens (tertiary/aromatic N) is 2. The van der Waals surface area contributed by atoms with E-state index < -0.39 is 0 Å². The number of nitrogens with one attached hydrogen (secondary N) is 1. The van der Waals surface area contributed by atoms with Gasteiger partial charge in [-0.2, -0.15) is 0 Å². The third kappa shape index (κ3) is 2.66. The molecule has 19 heavy (non-hydrogen) atoms. The van der Waals surface area contributed by atoms with Crippen molar-refractivity contribution in [3.05, 3.63) is 27.2 Å². The van der Waals surface area contributed by atoms with Crippen molar-refractivity contribution in [3.63, 3.8) is 0 Å². The van der Waals surface area contributed by atoms with E-state index in [1.54, 1.807) is 11.3 Å². The van der Waals surface area contributed by atoms with Gasteiger partial charge in [0.2, 0.25) is 0 Å². The fraction of sp³-hybridized carbons (Fsp3) is 0.385. The SMILES string of the molecule is NNc1nc(-c2cc(Br)cs2)nc2c1CCCCC2. The molecule has 0 bridgehead atoms. The van der Waals surface area contributed by atoms with Crippen LogP contribution in [0.1, 0.15) is 30.5 Å². The lowest BCUT2D eigenvalue weighted by atomic mass is 10.1. The molecule has 0 atom stereocenters. The van der Waals surface area contributed by atoms with Crippen LogP contribution in [-0.2, 0) is 12.8 Å². The van der Waals surface area contributed by atoms with Crippen LogP contribution >= 0.6 is 27.3 Å². The summed E-state index contributed by atoms with van der Waals surface area (Å²) < 4.78 is 1.06. The topological polar surface area (TPSA) is 63.8 Å². The minimum Gasteiger partial charge on any atom is -0.308 e. The van der Waals surface area contributed by atoms with Crippen LogP contribution in [0.15, 0.2) is 15.9 Å². The van der Waals surface area contributed by atoms with E-state index in [0.717, 1.165) is 39.5 Å². The predicted molar refractivity (Wildman–Crippen MR) is 82.1 cm³/mol. The number of hydrazine groups is 1. The molecule has 0 fully saturated rings. The van der Waals surface area contributed by atoms with Gasteiger partial charge in [0.15, 0.2) is 5.82 Å². The van der Waals surface area contributed by atoms with Crippen molar-refractivity contribution < 1.29 is 0 Å². The maximum absolute atomic E-state index is 5.63. The number of anilines is 1. The first-order valence-corrected chi connectivity index (χ1v) is 8.06. The molecule has 0 spiro atoms. The summed E-state index contributed by atoms with van der Waals surface area (Å²) in [5.41, 5.74) is 5.09. The molecule has 3 N–H and O–H groups in total. The maximum Gasteiger partial charge on any atom is 0.171 e. The van der Waals surface area contributed by atoms with Crippen molar-refractivity contribution >= 4 is 33.1 Å². The van der Waals surface area contributed by atoms with Crippen LogP contribution in [0.5, 0.6) is 0 Å². The zero-order valence-electron chi connectivity index (χ0n) is 10.4. The second-order valence-electron chi connectivity index (χ2n) is 4.66. The molecule has 3 rings (SSSR count). The zero-order valence-corrected chi connectivity index (χ0v) is 12.9. The Labute approximate surface area is 124 Å². The molecule has 1 aliphatic rings.